The number of carbonyl (C=O) groups is 1. The third-order valence-corrected chi connectivity index (χ3v) is 6.29. The Labute approximate surface area is 190 Å². The highest BCUT2D eigenvalue weighted by Crippen LogP contribution is 2.33. The summed E-state index contributed by atoms with van der Waals surface area (Å²) in [4.78, 5) is 20.5. The number of H-pyrrole nitrogens is 1. The Morgan fingerprint density at radius 1 is 1.23 bits per heavy atom. The molecule has 0 radical (unpaired) electrons. The van der Waals surface area contributed by atoms with Gasteiger partial charge in [-0.2, -0.15) is 0 Å². The van der Waals surface area contributed by atoms with Crippen LogP contribution in [0.4, 0.5) is 0 Å². The second-order valence-electron chi connectivity index (χ2n) is 7.23. The van der Waals surface area contributed by atoms with Crippen molar-refractivity contribution in [3.05, 3.63) is 53.6 Å². The molecule has 8 heteroatoms. The van der Waals surface area contributed by atoms with Crippen LogP contribution < -0.4 is 10.1 Å². The molecule has 1 aromatic heterocycles. The number of nitrogens with one attached hydrogen (secondary N) is 2. The van der Waals surface area contributed by atoms with E-state index in [0.717, 1.165) is 52.9 Å². The number of amides is 1. The average molecular weight is 458 g/mol. The van der Waals surface area contributed by atoms with Gasteiger partial charge in [0.05, 0.1) is 24.7 Å². The Bertz CT molecular complexity index is 1020. The Balaban J connectivity index is 1.51. The van der Waals surface area contributed by atoms with Crippen LogP contribution in [0.5, 0.6) is 5.75 Å². The molecule has 2 aromatic carbocycles. The van der Waals surface area contributed by atoms with Gasteiger partial charge in [0.2, 0.25) is 5.91 Å². The standard InChI is InChI=1S/C23H24ClN3O3S/c1-29-18-10-6-16(7-11-18)22-26-21(15-4-8-17(24)9-5-15)23(27-22)31-14-20(28)25-13-19-3-2-12-30-19/h4-11,19H,2-3,12-14H2,1H3,(H,25,28)(H,26,27). The molecule has 0 aliphatic carbocycles. The minimum absolute atomic E-state index is 0.0310. The van der Waals surface area contributed by atoms with Crippen LogP contribution in [0.15, 0.2) is 53.6 Å². The zero-order chi connectivity index (χ0) is 21.6. The smallest absolute Gasteiger partial charge is 0.230 e. The fraction of sp³-hybridized carbons (Fsp3) is 0.304. The predicted molar refractivity (Wildman–Crippen MR) is 124 cm³/mol. The Morgan fingerprint density at radius 2 is 1.97 bits per heavy atom. The number of hydrogen-bond acceptors (Lipinski definition) is 5. The topological polar surface area (TPSA) is 76.2 Å². The maximum atomic E-state index is 12.4. The monoisotopic (exact) mass is 457 g/mol. The van der Waals surface area contributed by atoms with Crippen molar-refractivity contribution in [2.24, 2.45) is 0 Å². The summed E-state index contributed by atoms with van der Waals surface area (Å²) >= 11 is 7.46. The van der Waals surface area contributed by atoms with Gasteiger partial charge in [-0.05, 0) is 49.2 Å². The highest BCUT2D eigenvalue weighted by molar-refractivity contribution is 8.00. The maximum Gasteiger partial charge on any atom is 0.230 e. The van der Waals surface area contributed by atoms with E-state index in [2.05, 4.69) is 10.3 Å². The van der Waals surface area contributed by atoms with Gasteiger partial charge in [-0.25, -0.2) is 4.98 Å². The van der Waals surface area contributed by atoms with Crippen molar-refractivity contribution < 1.29 is 14.3 Å². The summed E-state index contributed by atoms with van der Waals surface area (Å²) in [6, 6.07) is 15.2. The molecule has 6 nitrogen and oxygen atoms in total. The first kappa shape index (κ1) is 21.7. The van der Waals surface area contributed by atoms with Crippen LogP contribution in [0.2, 0.25) is 5.02 Å². The molecule has 1 fully saturated rings. The molecule has 0 bridgehead atoms. The number of benzene rings is 2. The lowest BCUT2D eigenvalue weighted by Crippen LogP contribution is -2.32. The van der Waals surface area contributed by atoms with Crippen molar-refractivity contribution in [2.75, 3.05) is 26.0 Å². The van der Waals surface area contributed by atoms with Crippen LogP contribution in [0.25, 0.3) is 22.6 Å². The molecular formula is C23H24ClN3O3S. The fourth-order valence-corrected chi connectivity index (χ4v) is 4.34. The molecule has 162 valence electrons. The van der Waals surface area contributed by atoms with E-state index < -0.39 is 0 Å². The maximum absolute atomic E-state index is 12.4. The molecule has 1 aliphatic rings. The average Bonchev–Trinajstić information content (AvgIpc) is 3.47. The number of carbonyl (C=O) groups excluding carboxylic acids is 1. The molecule has 1 amide bonds. The first-order chi connectivity index (χ1) is 15.1. The third-order valence-electron chi connectivity index (χ3n) is 5.06. The highest BCUT2D eigenvalue weighted by atomic mass is 35.5. The van der Waals surface area contributed by atoms with Gasteiger partial charge in [0.25, 0.3) is 0 Å². The molecule has 31 heavy (non-hydrogen) atoms. The van der Waals surface area contributed by atoms with Crippen LogP contribution in [-0.4, -0.2) is 48.0 Å². The molecule has 2 heterocycles. The minimum Gasteiger partial charge on any atom is -0.497 e. The molecule has 2 N–H and O–H groups in total. The molecule has 3 aromatic rings. The van der Waals surface area contributed by atoms with Crippen molar-refractivity contribution in [1.29, 1.82) is 0 Å². The highest BCUT2D eigenvalue weighted by Gasteiger charge is 2.18. The normalized spacial score (nSPS) is 15.7. The van der Waals surface area contributed by atoms with Gasteiger partial charge in [-0.1, -0.05) is 35.5 Å². The summed E-state index contributed by atoms with van der Waals surface area (Å²) in [5.41, 5.74) is 2.75. The van der Waals surface area contributed by atoms with Crippen molar-refractivity contribution >= 4 is 29.3 Å². The first-order valence-corrected chi connectivity index (χ1v) is 11.5. The lowest BCUT2D eigenvalue weighted by molar-refractivity contribution is -0.119. The van der Waals surface area contributed by atoms with E-state index in [1.807, 2.05) is 48.5 Å². The van der Waals surface area contributed by atoms with Crippen molar-refractivity contribution in [2.45, 2.75) is 24.0 Å². The van der Waals surface area contributed by atoms with Crippen molar-refractivity contribution in [1.82, 2.24) is 15.3 Å². The molecule has 1 aliphatic heterocycles. The quantitative estimate of drug-likeness (QED) is 0.475. The SMILES string of the molecule is COc1ccc(-c2nc(SCC(=O)NCC3CCCO3)c(-c3ccc(Cl)cc3)[nH]2)cc1. The first-order valence-electron chi connectivity index (χ1n) is 10.1. The fourth-order valence-electron chi connectivity index (χ4n) is 3.38. The number of hydrogen-bond donors (Lipinski definition) is 2. The van der Waals surface area contributed by atoms with Gasteiger partial charge in [0.1, 0.15) is 16.6 Å². The van der Waals surface area contributed by atoms with Crippen LogP contribution >= 0.6 is 23.4 Å². The molecule has 0 spiro atoms. The number of rotatable bonds is 8. The molecule has 1 unspecified atom stereocenters. The van der Waals surface area contributed by atoms with E-state index >= 15 is 0 Å². The van der Waals surface area contributed by atoms with Gasteiger partial charge in [0.15, 0.2) is 0 Å². The number of aromatic nitrogens is 2. The third kappa shape index (κ3) is 5.61. The van der Waals surface area contributed by atoms with Crippen molar-refractivity contribution in [3.63, 3.8) is 0 Å². The molecule has 0 saturated carbocycles. The zero-order valence-electron chi connectivity index (χ0n) is 17.2. The number of methoxy groups -OCH3 is 1. The molecular weight excluding hydrogens is 434 g/mol. The predicted octanol–water partition coefficient (Wildman–Crippen LogP) is 4.79. The largest absolute Gasteiger partial charge is 0.497 e. The van der Waals surface area contributed by atoms with Gasteiger partial charge in [-0.3, -0.25) is 4.79 Å². The van der Waals surface area contributed by atoms with Crippen LogP contribution in [-0.2, 0) is 9.53 Å². The summed E-state index contributed by atoms with van der Waals surface area (Å²) in [6.07, 6.45) is 2.19. The number of nitrogens with zero attached hydrogens (tertiary/aromatic N) is 1. The van der Waals surface area contributed by atoms with E-state index in [4.69, 9.17) is 26.1 Å². The zero-order valence-corrected chi connectivity index (χ0v) is 18.8. The van der Waals surface area contributed by atoms with Gasteiger partial charge in [-0.15, -0.1) is 0 Å². The lowest BCUT2D eigenvalue weighted by atomic mass is 10.2. The van der Waals surface area contributed by atoms with Gasteiger partial charge in [0, 0.05) is 29.3 Å². The molecule has 1 saturated heterocycles. The second-order valence-corrected chi connectivity index (χ2v) is 8.63. The summed E-state index contributed by atoms with van der Waals surface area (Å²) in [5, 5.41) is 4.39. The van der Waals surface area contributed by atoms with Crippen LogP contribution in [0.1, 0.15) is 12.8 Å². The number of imidazole rings is 1. The Kier molecular flexibility index (Phi) is 7.17. The molecule has 4 rings (SSSR count). The number of halogens is 1. The van der Waals surface area contributed by atoms with E-state index in [1.54, 1.807) is 7.11 Å². The number of thioether (sulfide) groups is 1. The van der Waals surface area contributed by atoms with E-state index in [0.29, 0.717) is 11.6 Å². The Morgan fingerprint density at radius 3 is 2.65 bits per heavy atom. The van der Waals surface area contributed by atoms with Gasteiger partial charge >= 0.3 is 0 Å². The van der Waals surface area contributed by atoms with Crippen LogP contribution in [0.3, 0.4) is 0 Å². The van der Waals surface area contributed by atoms with E-state index in [9.17, 15) is 4.79 Å². The van der Waals surface area contributed by atoms with Gasteiger partial charge < -0.3 is 19.8 Å². The number of ether oxygens (including phenoxy) is 2. The summed E-state index contributed by atoms with van der Waals surface area (Å²) in [6.45, 7) is 1.34. The molecule has 1 atom stereocenters. The number of aromatic amines is 1. The second kappa shape index (κ2) is 10.2. The minimum atomic E-state index is -0.0310. The lowest BCUT2D eigenvalue weighted by Gasteiger charge is -2.10. The Hall–Kier alpha value is -2.48. The summed E-state index contributed by atoms with van der Waals surface area (Å²) in [5.74, 6) is 1.76. The van der Waals surface area contributed by atoms with Crippen LogP contribution in [0, 0.1) is 0 Å². The van der Waals surface area contributed by atoms with E-state index in [-0.39, 0.29) is 17.8 Å². The summed E-state index contributed by atoms with van der Waals surface area (Å²) < 4.78 is 10.8. The van der Waals surface area contributed by atoms with Crippen molar-refractivity contribution in [3.8, 4) is 28.4 Å². The van der Waals surface area contributed by atoms with E-state index in [1.165, 1.54) is 11.8 Å². The summed E-state index contributed by atoms with van der Waals surface area (Å²) in [7, 11) is 1.64.